The lowest BCUT2D eigenvalue weighted by Gasteiger charge is -2.35. The standard InChI is InChI=1S/C35H53NO2/c1-3-5-7-9-11-13-15-17-29-19-23-31(24-20-29)35(38,33-27-28-34(37)36-33)32-25-21-30(22-26-32)18-16-14-12-10-8-6-4-2/h19-26,33,38H,3-18,27-28H2,1-2H3,(H,36,37)/t33-/m0/s1. The van der Waals surface area contributed by atoms with E-state index in [4.69, 9.17) is 0 Å². The molecule has 1 amide bonds. The Morgan fingerprint density at radius 2 is 1.05 bits per heavy atom. The summed E-state index contributed by atoms with van der Waals surface area (Å²) in [4.78, 5) is 12.1. The summed E-state index contributed by atoms with van der Waals surface area (Å²) in [5.41, 5.74) is 3.16. The highest BCUT2D eigenvalue weighted by Crippen LogP contribution is 2.37. The van der Waals surface area contributed by atoms with Gasteiger partial charge in [0.25, 0.3) is 0 Å². The summed E-state index contributed by atoms with van der Waals surface area (Å²) in [7, 11) is 0. The van der Waals surface area contributed by atoms with Gasteiger partial charge in [0.15, 0.2) is 0 Å². The van der Waals surface area contributed by atoms with E-state index in [1.54, 1.807) is 0 Å². The average Bonchev–Trinajstić information content (AvgIpc) is 3.39. The highest BCUT2D eigenvalue weighted by atomic mass is 16.3. The second kappa shape index (κ2) is 16.7. The second-order valence-corrected chi connectivity index (χ2v) is 11.6. The predicted molar refractivity (Wildman–Crippen MR) is 160 cm³/mol. The first-order valence-electron chi connectivity index (χ1n) is 15.8. The topological polar surface area (TPSA) is 49.3 Å². The molecule has 2 aromatic carbocycles. The molecule has 0 aliphatic carbocycles. The zero-order valence-corrected chi connectivity index (χ0v) is 24.3. The fraction of sp³-hybridized carbons (Fsp3) is 0.629. The summed E-state index contributed by atoms with van der Waals surface area (Å²) >= 11 is 0. The lowest BCUT2D eigenvalue weighted by Crippen LogP contribution is -2.47. The molecule has 1 heterocycles. The maximum Gasteiger partial charge on any atom is 0.220 e. The minimum absolute atomic E-state index is 0.0274. The van der Waals surface area contributed by atoms with Crippen LogP contribution in [0.3, 0.4) is 0 Å². The molecule has 210 valence electrons. The Hall–Kier alpha value is -2.13. The van der Waals surface area contributed by atoms with E-state index in [-0.39, 0.29) is 11.9 Å². The van der Waals surface area contributed by atoms with Crippen molar-refractivity contribution in [1.29, 1.82) is 0 Å². The monoisotopic (exact) mass is 519 g/mol. The van der Waals surface area contributed by atoms with Crippen molar-refractivity contribution in [2.45, 2.75) is 141 Å². The van der Waals surface area contributed by atoms with Gasteiger partial charge < -0.3 is 10.4 Å². The van der Waals surface area contributed by atoms with E-state index in [1.165, 1.54) is 101 Å². The number of amides is 1. The Kier molecular flexibility index (Phi) is 13.4. The highest BCUT2D eigenvalue weighted by Gasteiger charge is 2.43. The van der Waals surface area contributed by atoms with E-state index in [2.05, 4.69) is 67.7 Å². The molecule has 0 bridgehead atoms. The van der Waals surface area contributed by atoms with Gasteiger partial charge in [-0.15, -0.1) is 0 Å². The van der Waals surface area contributed by atoms with Crippen molar-refractivity contribution in [2.75, 3.05) is 0 Å². The van der Waals surface area contributed by atoms with Crippen LogP contribution >= 0.6 is 0 Å². The van der Waals surface area contributed by atoms with Crippen molar-refractivity contribution in [3.63, 3.8) is 0 Å². The molecule has 2 aromatic rings. The van der Waals surface area contributed by atoms with Crippen molar-refractivity contribution >= 4 is 5.91 Å². The molecule has 2 N–H and O–H groups in total. The van der Waals surface area contributed by atoms with Gasteiger partial charge >= 0.3 is 0 Å². The van der Waals surface area contributed by atoms with Crippen LogP contribution in [0.4, 0.5) is 0 Å². The van der Waals surface area contributed by atoms with Crippen molar-refractivity contribution in [3.8, 4) is 0 Å². The average molecular weight is 520 g/mol. The van der Waals surface area contributed by atoms with Gasteiger partial charge in [0, 0.05) is 6.42 Å². The van der Waals surface area contributed by atoms with E-state index in [0.29, 0.717) is 12.8 Å². The van der Waals surface area contributed by atoms with Gasteiger partial charge in [-0.1, -0.05) is 139 Å². The Morgan fingerprint density at radius 3 is 1.42 bits per heavy atom. The first-order chi connectivity index (χ1) is 18.6. The van der Waals surface area contributed by atoms with Gasteiger partial charge in [-0.3, -0.25) is 4.79 Å². The van der Waals surface area contributed by atoms with Gasteiger partial charge in [0.1, 0.15) is 5.60 Å². The van der Waals surface area contributed by atoms with Gasteiger partial charge in [-0.2, -0.15) is 0 Å². The maximum atomic E-state index is 12.2. The van der Waals surface area contributed by atoms with Crippen LogP contribution in [0.25, 0.3) is 0 Å². The molecule has 0 unspecified atom stereocenters. The summed E-state index contributed by atoms with van der Waals surface area (Å²) in [6.07, 6.45) is 21.7. The molecule has 0 saturated carbocycles. The van der Waals surface area contributed by atoms with Crippen LogP contribution in [0, 0.1) is 0 Å². The van der Waals surface area contributed by atoms with E-state index in [1.807, 2.05) is 0 Å². The molecular weight excluding hydrogens is 466 g/mol. The minimum Gasteiger partial charge on any atom is -0.378 e. The molecule has 3 rings (SSSR count). The zero-order chi connectivity index (χ0) is 27.1. The van der Waals surface area contributed by atoms with Crippen LogP contribution in [0.15, 0.2) is 48.5 Å². The highest BCUT2D eigenvalue weighted by molar-refractivity contribution is 5.79. The van der Waals surface area contributed by atoms with Crippen LogP contribution in [0.5, 0.6) is 0 Å². The van der Waals surface area contributed by atoms with Crippen LogP contribution in [0.2, 0.25) is 0 Å². The Morgan fingerprint density at radius 1 is 0.658 bits per heavy atom. The number of carbonyl (C=O) groups is 1. The largest absolute Gasteiger partial charge is 0.378 e. The fourth-order valence-corrected chi connectivity index (χ4v) is 5.92. The minimum atomic E-state index is -1.22. The number of benzene rings is 2. The van der Waals surface area contributed by atoms with Gasteiger partial charge in [0.05, 0.1) is 6.04 Å². The number of unbranched alkanes of at least 4 members (excludes halogenated alkanes) is 12. The first-order valence-corrected chi connectivity index (χ1v) is 15.8. The number of hydrogen-bond acceptors (Lipinski definition) is 2. The van der Waals surface area contributed by atoms with Gasteiger partial charge in [-0.25, -0.2) is 0 Å². The van der Waals surface area contributed by atoms with Crippen LogP contribution in [0.1, 0.15) is 139 Å². The number of aliphatic hydroxyl groups is 1. The number of rotatable bonds is 19. The van der Waals surface area contributed by atoms with Gasteiger partial charge in [0.2, 0.25) is 5.91 Å². The second-order valence-electron chi connectivity index (χ2n) is 11.6. The third kappa shape index (κ3) is 9.26. The molecule has 1 saturated heterocycles. The summed E-state index contributed by atoms with van der Waals surface area (Å²) < 4.78 is 0. The first kappa shape index (κ1) is 30.4. The third-order valence-electron chi connectivity index (χ3n) is 8.43. The summed E-state index contributed by atoms with van der Waals surface area (Å²) in [5, 5.41) is 15.2. The SMILES string of the molecule is CCCCCCCCCc1ccc(C(O)(c2ccc(CCCCCCCCC)cc2)[C@@H]2CCC(=O)N2)cc1. The summed E-state index contributed by atoms with van der Waals surface area (Å²) in [6.45, 7) is 4.52. The Bertz CT molecular complexity index is 856. The normalized spacial score (nSPS) is 15.7. The fourth-order valence-electron chi connectivity index (χ4n) is 5.92. The molecule has 1 atom stereocenters. The van der Waals surface area contributed by atoms with E-state index < -0.39 is 5.60 Å². The van der Waals surface area contributed by atoms with Crippen LogP contribution in [-0.4, -0.2) is 17.1 Å². The smallest absolute Gasteiger partial charge is 0.220 e. The molecule has 0 aromatic heterocycles. The molecule has 3 nitrogen and oxygen atoms in total. The van der Waals surface area contributed by atoms with E-state index in [9.17, 15) is 9.90 Å². The van der Waals surface area contributed by atoms with Gasteiger partial charge in [-0.05, 0) is 54.4 Å². The van der Waals surface area contributed by atoms with Crippen LogP contribution in [-0.2, 0) is 23.2 Å². The predicted octanol–water partition coefficient (Wildman–Crippen LogP) is 8.79. The Labute approximate surface area is 232 Å². The maximum absolute atomic E-state index is 12.2. The lowest BCUT2D eigenvalue weighted by molar-refractivity contribution is -0.120. The van der Waals surface area contributed by atoms with Crippen molar-refractivity contribution < 1.29 is 9.90 Å². The Balaban J connectivity index is 1.60. The molecule has 1 fully saturated rings. The molecular formula is C35H53NO2. The molecule has 1 aliphatic heterocycles. The summed E-state index contributed by atoms with van der Waals surface area (Å²) in [5.74, 6) is 0.0274. The van der Waals surface area contributed by atoms with Crippen molar-refractivity contribution in [3.05, 3.63) is 70.8 Å². The lowest BCUT2D eigenvalue weighted by atomic mass is 9.79. The number of aryl methyl sites for hydroxylation is 2. The van der Waals surface area contributed by atoms with Crippen LogP contribution < -0.4 is 5.32 Å². The third-order valence-corrected chi connectivity index (χ3v) is 8.43. The quantitative estimate of drug-likeness (QED) is 0.182. The number of carbonyl (C=O) groups excluding carboxylic acids is 1. The number of nitrogens with one attached hydrogen (secondary N) is 1. The van der Waals surface area contributed by atoms with Crippen molar-refractivity contribution in [2.24, 2.45) is 0 Å². The molecule has 0 spiro atoms. The van der Waals surface area contributed by atoms with E-state index >= 15 is 0 Å². The summed E-state index contributed by atoms with van der Waals surface area (Å²) in [6, 6.07) is 16.7. The molecule has 3 heteroatoms. The molecule has 0 radical (unpaired) electrons. The van der Waals surface area contributed by atoms with E-state index in [0.717, 1.165) is 24.0 Å². The van der Waals surface area contributed by atoms with Crippen molar-refractivity contribution in [1.82, 2.24) is 5.32 Å². The molecule has 1 aliphatic rings. The zero-order valence-electron chi connectivity index (χ0n) is 24.3. The molecule has 38 heavy (non-hydrogen) atoms. The number of hydrogen-bond donors (Lipinski definition) is 2.